The van der Waals surface area contributed by atoms with Crippen molar-refractivity contribution in [2.24, 2.45) is 0 Å². The Morgan fingerprint density at radius 2 is 1.21 bits per heavy atom. The van der Waals surface area contributed by atoms with Crippen molar-refractivity contribution in [3.8, 4) is 0 Å². The van der Waals surface area contributed by atoms with Crippen molar-refractivity contribution in [2.75, 3.05) is 13.2 Å². The number of carbonyl (C=O) groups excluding carboxylic acids is 2. The van der Waals surface area contributed by atoms with Gasteiger partial charge in [-0.15, -0.1) is 0 Å². The van der Waals surface area contributed by atoms with Gasteiger partial charge in [-0.05, 0) is 6.42 Å². The molecule has 4 nitrogen and oxygen atoms in total. The smallest absolute Gasteiger partial charge is 0.456 e. The highest BCUT2D eigenvalue weighted by Gasteiger charge is 2.58. The molecule has 0 fully saturated rings. The molecular formula is C11H11F9O4. The van der Waals surface area contributed by atoms with Crippen LogP contribution in [0.4, 0.5) is 39.5 Å². The molecule has 0 atom stereocenters. The fraction of sp³-hybridized carbons (Fsp3) is 0.818. The minimum atomic E-state index is -5.91. The van der Waals surface area contributed by atoms with Gasteiger partial charge in [0.15, 0.2) is 13.2 Å². The maximum absolute atomic E-state index is 12.4. The number of hydrogen-bond donors (Lipinski definition) is 0. The van der Waals surface area contributed by atoms with Crippen molar-refractivity contribution in [1.29, 1.82) is 0 Å². The molecule has 0 aromatic heterocycles. The zero-order valence-electron chi connectivity index (χ0n) is 11.6. The summed E-state index contributed by atoms with van der Waals surface area (Å²) in [4.78, 5) is 21.8. The third-order valence-electron chi connectivity index (χ3n) is 2.34. The van der Waals surface area contributed by atoms with E-state index in [1.807, 2.05) is 0 Å². The lowest BCUT2D eigenvalue weighted by Gasteiger charge is -2.19. The molecule has 0 rings (SSSR count). The molecule has 0 aromatic rings. The molecule has 0 heterocycles. The molecule has 13 heteroatoms. The van der Waals surface area contributed by atoms with Crippen molar-refractivity contribution in [3.63, 3.8) is 0 Å². The summed E-state index contributed by atoms with van der Waals surface area (Å²) in [5.41, 5.74) is 0. The molecule has 0 bridgehead atoms. The van der Waals surface area contributed by atoms with Crippen LogP contribution in [0.25, 0.3) is 0 Å². The Hall–Kier alpha value is -1.69. The molecule has 0 aromatic carbocycles. The van der Waals surface area contributed by atoms with E-state index in [-0.39, 0.29) is 0 Å². The number of alkyl halides is 9. The lowest BCUT2D eigenvalue weighted by Crippen LogP contribution is -2.41. The minimum absolute atomic E-state index is 0.491. The van der Waals surface area contributed by atoms with E-state index in [0.29, 0.717) is 0 Å². The highest BCUT2D eigenvalue weighted by Crippen LogP contribution is 2.35. The highest BCUT2D eigenvalue weighted by atomic mass is 19.4. The van der Waals surface area contributed by atoms with E-state index in [4.69, 9.17) is 0 Å². The molecular weight excluding hydrogens is 367 g/mol. The van der Waals surface area contributed by atoms with Crippen LogP contribution in [0.3, 0.4) is 0 Å². The number of hydrogen-bond acceptors (Lipinski definition) is 4. The SMILES string of the molecule is O=C(CCCC(=O)OCC(F)(F)C(F)(F)F)OCC(F)(F)C(F)F. The average Bonchev–Trinajstić information content (AvgIpc) is 2.41. The number of ether oxygens (including phenoxy) is 2. The Labute approximate surface area is 128 Å². The summed E-state index contributed by atoms with van der Waals surface area (Å²) in [6.45, 7) is -4.15. The molecule has 0 amide bonds. The van der Waals surface area contributed by atoms with Crippen LogP contribution in [0.1, 0.15) is 19.3 Å². The van der Waals surface area contributed by atoms with E-state index in [2.05, 4.69) is 9.47 Å². The molecule has 0 spiro atoms. The van der Waals surface area contributed by atoms with E-state index in [1.165, 1.54) is 0 Å². The summed E-state index contributed by atoms with van der Waals surface area (Å²) in [6.07, 6.45) is -12.0. The standard InChI is InChI=1S/C11H11F9O4/c12-8(13)9(14,15)4-23-6(21)2-1-3-7(22)24-5-10(16,17)11(18,19)20/h8H,1-5H2. The predicted molar refractivity (Wildman–Crippen MR) is 57.7 cm³/mol. The summed E-state index contributed by atoms with van der Waals surface area (Å²) >= 11 is 0. The van der Waals surface area contributed by atoms with Crippen molar-refractivity contribution in [2.45, 2.75) is 43.7 Å². The zero-order chi connectivity index (χ0) is 19.2. The van der Waals surface area contributed by atoms with Crippen LogP contribution in [0.15, 0.2) is 0 Å². The van der Waals surface area contributed by atoms with E-state index in [9.17, 15) is 49.1 Å². The van der Waals surface area contributed by atoms with Crippen LogP contribution in [-0.2, 0) is 19.1 Å². The zero-order valence-corrected chi connectivity index (χ0v) is 11.6. The van der Waals surface area contributed by atoms with Gasteiger partial charge >= 0.3 is 36.4 Å². The molecule has 0 unspecified atom stereocenters. The van der Waals surface area contributed by atoms with Crippen LogP contribution < -0.4 is 0 Å². The minimum Gasteiger partial charge on any atom is -0.459 e. The second kappa shape index (κ2) is 8.42. The summed E-state index contributed by atoms with van der Waals surface area (Å²) in [5.74, 6) is -12.7. The van der Waals surface area contributed by atoms with E-state index < -0.39 is 68.9 Å². The summed E-state index contributed by atoms with van der Waals surface area (Å²) < 4.78 is 116. The van der Waals surface area contributed by atoms with Crippen molar-refractivity contribution in [3.05, 3.63) is 0 Å². The van der Waals surface area contributed by atoms with Gasteiger partial charge in [0.25, 0.3) is 0 Å². The largest absolute Gasteiger partial charge is 0.459 e. The first-order valence-electron chi connectivity index (χ1n) is 6.11. The average molecular weight is 378 g/mol. The fourth-order valence-electron chi connectivity index (χ4n) is 1.01. The first-order chi connectivity index (χ1) is 10.7. The maximum Gasteiger partial charge on any atom is 0.456 e. The Kier molecular flexibility index (Phi) is 7.83. The summed E-state index contributed by atoms with van der Waals surface area (Å²) in [6, 6.07) is 0. The molecule has 0 saturated heterocycles. The third kappa shape index (κ3) is 7.73. The lowest BCUT2D eigenvalue weighted by molar-refractivity contribution is -0.294. The van der Waals surface area contributed by atoms with Gasteiger partial charge in [0.1, 0.15) is 0 Å². The first kappa shape index (κ1) is 22.3. The second-order valence-corrected chi connectivity index (χ2v) is 4.44. The Morgan fingerprint density at radius 1 is 0.792 bits per heavy atom. The quantitative estimate of drug-likeness (QED) is 0.456. The molecule has 0 radical (unpaired) electrons. The van der Waals surface area contributed by atoms with Gasteiger partial charge in [-0.1, -0.05) is 0 Å². The van der Waals surface area contributed by atoms with Crippen LogP contribution >= 0.6 is 0 Å². The molecule has 0 N–H and O–H groups in total. The van der Waals surface area contributed by atoms with Crippen LogP contribution in [-0.4, -0.2) is 49.6 Å². The van der Waals surface area contributed by atoms with E-state index >= 15 is 0 Å². The number of carbonyl (C=O) groups is 2. The van der Waals surface area contributed by atoms with Crippen molar-refractivity contribution in [1.82, 2.24) is 0 Å². The normalized spacial score (nSPS) is 13.1. The summed E-state index contributed by atoms with van der Waals surface area (Å²) in [5, 5.41) is 0. The van der Waals surface area contributed by atoms with E-state index in [1.54, 1.807) is 0 Å². The van der Waals surface area contributed by atoms with Gasteiger partial charge in [0.2, 0.25) is 0 Å². The topological polar surface area (TPSA) is 52.6 Å². The van der Waals surface area contributed by atoms with Crippen LogP contribution in [0.2, 0.25) is 0 Å². The Morgan fingerprint density at radius 3 is 1.58 bits per heavy atom. The van der Waals surface area contributed by atoms with Gasteiger partial charge < -0.3 is 9.47 Å². The van der Waals surface area contributed by atoms with Crippen molar-refractivity contribution < 1.29 is 58.6 Å². The second-order valence-electron chi connectivity index (χ2n) is 4.44. The molecule has 0 saturated carbocycles. The Balaban J connectivity index is 4.04. The van der Waals surface area contributed by atoms with Gasteiger partial charge in [-0.25, -0.2) is 8.78 Å². The predicted octanol–water partition coefficient (Wildman–Crippen LogP) is 3.34. The molecule has 24 heavy (non-hydrogen) atoms. The summed E-state index contributed by atoms with van der Waals surface area (Å²) in [7, 11) is 0. The number of rotatable bonds is 9. The van der Waals surface area contributed by atoms with Gasteiger partial charge in [0, 0.05) is 12.8 Å². The highest BCUT2D eigenvalue weighted by molar-refractivity contribution is 5.72. The molecule has 142 valence electrons. The number of esters is 2. The van der Waals surface area contributed by atoms with Crippen LogP contribution in [0.5, 0.6) is 0 Å². The molecule has 0 aliphatic rings. The molecule has 0 aliphatic heterocycles. The first-order valence-corrected chi connectivity index (χ1v) is 6.11. The van der Waals surface area contributed by atoms with E-state index in [0.717, 1.165) is 0 Å². The van der Waals surface area contributed by atoms with Gasteiger partial charge in [0.05, 0.1) is 0 Å². The third-order valence-corrected chi connectivity index (χ3v) is 2.34. The monoisotopic (exact) mass is 378 g/mol. The van der Waals surface area contributed by atoms with Gasteiger partial charge in [-0.2, -0.15) is 30.7 Å². The fourth-order valence-corrected chi connectivity index (χ4v) is 1.01. The lowest BCUT2D eigenvalue weighted by atomic mass is 10.2. The molecule has 0 aliphatic carbocycles. The Bertz CT molecular complexity index is 434. The number of halogens is 9. The maximum atomic E-state index is 12.4. The van der Waals surface area contributed by atoms with Gasteiger partial charge in [-0.3, -0.25) is 9.59 Å². The van der Waals surface area contributed by atoms with Crippen molar-refractivity contribution >= 4 is 11.9 Å². The van der Waals surface area contributed by atoms with Crippen LogP contribution in [0, 0.1) is 0 Å².